The summed E-state index contributed by atoms with van der Waals surface area (Å²) in [5.74, 6) is -0.334. The molecule has 16 heavy (non-hydrogen) atoms. The normalized spacial score (nSPS) is 12.8. The zero-order valence-corrected chi connectivity index (χ0v) is 11.7. The second-order valence-corrected chi connectivity index (χ2v) is 5.18. The molecular formula is C10H15Cl2NO2S. The summed E-state index contributed by atoms with van der Waals surface area (Å²) >= 11 is 7.41. The first-order valence-electron chi connectivity index (χ1n) is 4.48. The Kier molecular flexibility index (Phi) is 5.76. The molecule has 0 saturated heterocycles. The van der Waals surface area contributed by atoms with E-state index in [0.29, 0.717) is 5.02 Å². The molecule has 1 heterocycles. The molecule has 0 aliphatic carbocycles. The SMILES string of the molecule is COC(=O)C(C)(C)[C@H](N)c1sccc1Cl.Cl. The van der Waals surface area contributed by atoms with Gasteiger partial charge in [0.25, 0.3) is 0 Å². The Morgan fingerprint density at radius 1 is 1.62 bits per heavy atom. The molecule has 0 aromatic carbocycles. The summed E-state index contributed by atoms with van der Waals surface area (Å²) in [5, 5.41) is 2.45. The Morgan fingerprint density at radius 2 is 2.19 bits per heavy atom. The monoisotopic (exact) mass is 283 g/mol. The fourth-order valence-electron chi connectivity index (χ4n) is 1.25. The van der Waals surface area contributed by atoms with Crippen LogP contribution in [0.3, 0.4) is 0 Å². The summed E-state index contributed by atoms with van der Waals surface area (Å²) in [6.45, 7) is 3.50. The minimum atomic E-state index is -0.775. The largest absolute Gasteiger partial charge is 0.469 e. The van der Waals surface area contributed by atoms with Gasteiger partial charge in [-0.1, -0.05) is 11.6 Å². The van der Waals surface area contributed by atoms with E-state index in [0.717, 1.165) is 4.88 Å². The van der Waals surface area contributed by atoms with E-state index in [4.69, 9.17) is 22.1 Å². The summed E-state index contributed by atoms with van der Waals surface area (Å²) in [4.78, 5) is 12.4. The zero-order chi connectivity index (χ0) is 11.6. The number of carbonyl (C=O) groups is 1. The zero-order valence-electron chi connectivity index (χ0n) is 9.32. The van der Waals surface area contributed by atoms with Crippen molar-refractivity contribution < 1.29 is 9.53 Å². The van der Waals surface area contributed by atoms with Crippen LogP contribution in [-0.2, 0) is 9.53 Å². The fourth-order valence-corrected chi connectivity index (χ4v) is 2.61. The molecule has 1 rings (SSSR count). The Labute approximate surface area is 110 Å². The second kappa shape index (κ2) is 5.87. The highest BCUT2D eigenvalue weighted by Gasteiger charge is 2.38. The molecule has 92 valence electrons. The topological polar surface area (TPSA) is 52.3 Å². The van der Waals surface area contributed by atoms with Gasteiger partial charge in [0.05, 0.1) is 23.6 Å². The van der Waals surface area contributed by atoms with Gasteiger partial charge in [0.1, 0.15) is 0 Å². The van der Waals surface area contributed by atoms with Crippen molar-refractivity contribution in [1.29, 1.82) is 0 Å². The molecule has 0 bridgehead atoms. The quantitative estimate of drug-likeness (QED) is 0.868. The molecule has 0 spiro atoms. The van der Waals surface area contributed by atoms with Crippen molar-refractivity contribution in [2.24, 2.45) is 11.1 Å². The number of methoxy groups -OCH3 is 1. The lowest BCUT2D eigenvalue weighted by Crippen LogP contribution is -2.37. The number of ether oxygens (including phenoxy) is 1. The highest BCUT2D eigenvalue weighted by molar-refractivity contribution is 7.10. The van der Waals surface area contributed by atoms with Gasteiger partial charge in [0, 0.05) is 4.88 Å². The van der Waals surface area contributed by atoms with E-state index < -0.39 is 11.5 Å². The molecule has 0 unspecified atom stereocenters. The first-order valence-corrected chi connectivity index (χ1v) is 5.74. The van der Waals surface area contributed by atoms with E-state index in [1.807, 2.05) is 5.38 Å². The van der Waals surface area contributed by atoms with Crippen LogP contribution < -0.4 is 5.73 Å². The van der Waals surface area contributed by atoms with Gasteiger partial charge >= 0.3 is 5.97 Å². The van der Waals surface area contributed by atoms with E-state index >= 15 is 0 Å². The average Bonchev–Trinajstić information content (AvgIpc) is 2.61. The Balaban J connectivity index is 0.00000225. The molecule has 0 radical (unpaired) electrons. The highest BCUT2D eigenvalue weighted by Crippen LogP contribution is 2.38. The summed E-state index contributed by atoms with van der Waals surface area (Å²) in [5.41, 5.74) is 5.25. The fraction of sp³-hybridized carbons (Fsp3) is 0.500. The Morgan fingerprint density at radius 3 is 2.56 bits per heavy atom. The summed E-state index contributed by atoms with van der Waals surface area (Å²) in [6, 6.07) is 1.33. The molecule has 0 aliphatic rings. The molecule has 6 heteroatoms. The van der Waals surface area contributed by atoms with Crippen molar-refractivity contribution in [3.63, 3.8) is 0 Å². The first kappa shape index (κ1) is 15.7. The van der Waals surface area contributed by atoms with Crippen LogP contribution in [0.1, 0.15) is 24.8 Å². The van der Waals surface area contributed by atoms with Gasteiger partial charge in [0.2, 0.25) is 0 Å². The average molecular weight is 284 g/mol. The Hall–Kier alpha value is -0.290. The number of halogens is 2. The molecular weight excluding hydrogens is 269 g/mol. The van der Waals surface area contributed by atoms with E-state index in [9.17, 15) is 4.79 Å². The van der Waals surface area contributed by atoms with Gasteiger partial charge in [-0.25, -0.2) is 0 Å². The standard InChI is InChI=1S/C10H14ClNO2S.ClH/c1-10(2,9(13)14-3)8(12)7-6(11)4-5-15-7;/h4-5,8H,12H2,1-3H3;1H/t8-;/m1./s1. The van der Waals surface area contributed by atoms with Crippen LogP contribution in [0.4, 0.5) is 0 Å². The number of hydrogen-bond donors (Lipinski definition) is 1. The third-order valence-corrected chi connectivity index (χ3v) is 3.86. The summed E-state index contributed by atoms with van der Waals surface area (Å²) in [7, 11) is 1.35. The molecule has 3 nitrogen and oxygen atoms in total. The van der Waals surface area contributed by atoms with Crippen molar-refractivity contribution in [3.8, 4) is 0 Å². The molecule has 2 N–H and O–H groups in total. The van der Waals surface area contributed by atoms with Crippen molar-refractivity contribution in [1.82, 2.24) is 0 Å². The number of esters is 1. The maximum absolute atomic E-state index is 11.5. The van der Waals surface area contributed by atoms with Crippen molar-refractivity contribution in [2.45, 2.75) is 19.9 Å². The summed E-state index contributed by atoms with van der Waals surface area (Å²) in [6.07, 6.45) is 0. The predicted molar refractivity (Wildman–Crippen MR) is 69.3 cm³/mol. The van der Waals surface area contributed by atoms with Gasteiger partial charge < -0.3 is 10.5 Å². The van der Waals surface area contributed by atoms with Gasteiger partial charge in [-0.2, -0.15) is 0 Å². The Bertz CT molecular complexity index is 365. The van der Waals surface area contributed by atoms with Crippen molar-refractivity contribution in [3.05, 3.63) is 21.3 Å². The lowest BCUT2D eigenvalue weighted by Gasteiger charge is -2.28. The van der Waals surface area contributed by atoms with Gasteiger partial charge in [-0.15, -0.1) is 23.7 Å². The van der Waals surface area contributed by atoms with E-state index in [1.165, 1.54) is 18.4 Å². The minimum Gasteiger partial charge on any atom is -0.469 e. The van der Waals surface area contributed by atoms with Crippen LogP contribution in [0.25, 0.3) is 0 Å². The van der Waals surface area contributed by atoms with E-state index in [2.05, 4.69) is 0 Å². The number of rotatable bonds is 3. The number of hydrogen-bond acceptors (Lipinski definition) is 4. The number of nitrogens with two attached hydrogens (primary N) is 1. The molecule has 1 atom stereocenters. The van der Waals surface area contributed by atoms with Crippen molar-refractivity contribution in [2.75, 3.05) is 7.11 Å². The maximum Gasteiger partial charge on any atom is 0.313 e. The van der Waals surface area contributed by atoms with Crippen LogP contribution in [0.2, 0.25) is 5.02 Å². The number of thiophene rings is 1. The molecule has 0 aliphatic heterocycles. The predicted octanol–water partition coefficient (Wildman–Crippen LogP) is 3.02. The molecule has 1 aromatic heterocycles. The van der Waals surface area contributed by atoms with Crippen LogP contribution in [0.15, 0.2) is 11.4 Å². The number of carbonyl (C=O) groups excluding carboxylic acids is 1. The molecule has 0 amide bonds. The van der Waals surface area contributed by atoms with Crippen molar-refractivity contribution >= 4 is 41.3 Å². The van der Waals surface area contributed by atoms with Gasteiger partial charge in [-0.05, 0) is 25.3 Å². The maximum atomic E-state index is 11.5. The highest BCUT2D eigenvalue weighted by atomic mass is 35.5. The minimum absolute atomic E-state index is 0. The summed E-state index contributed by atoms with van der Waals surface area (Å²) < 4.78 is 4.72. The smallest absolute Gasteiger partial charge is 0.313 e. The van der Waals surface area contributed by atoms with E-state index in [-0.39, 0.29) is 18.4 Å². The van der Waals surface area contributed by atoms with Crippen LogP contribution in [0.5, 0.6) is 0 Å². The van der Waals surface area contributed by atoms with Gasteiger partial charge in [-0.3, -0.25) is 4.79 Å². The van der Waals surface area contributed by atoms with Crippen LogP contribution >= 0.6 is 35.3 Å². The van der Waals surface area contributed by atoms with E-state index in [1.54, 1.807) is 19.9 Å². The third kappa shape index (κ3) is 2.88. The lowest BCUT2D eigenvalue weighted by atomic mass is 9.84. The van der Waals surface area contributed by atoms with Crippen LogP contribution in [-0.4, -0.2) is 13.1 Å². The molecule has 0 fully saturated rings. The third-order valence-electron chi connectivity index (χ3n) is 2.42. The molecule has 0 saturated carbocycles. The first-order chi connectivity index (χ1) is 6.91. The second-order valence-electron chi connectivity index (χ2n) is 3.82. The molecule has 1 aromatic rings. The lowest BCUT2D eigenvalue weighted by molar-refractivity contribution is -0.152. The van der Waals surface area contributed by atoms with Gasteiger partial charge in [0.15, 0.2) is 0 Å². The van der Waals surface area contributed by atoms with Crippen LogP contribution in [0, 0.1) is 5.41 Å².